The van der Waals surface area contributed by atoms with E-state index >= 15 is 0 Å². The smallest absolute Gasteiger partial charge is 0.278 e. The van der Waals surface area contributed by atoms with Gasteiger partial charge >= 0.3 is 0 Å². The number of nitrogens with one attached hydrogen (secondary N) is 1. The molecule has 0 atom stereocenters. The summed E-state index contributed by atoms with van der Waals surface area (Å²) >= 11 is 0. The Morgan fingerprint density at radius 2 is 1.70 bits per heavy atom. The Morgan fingerprint density at radius 3 is 2.37 bits per heavy atom. The van der Waals surface area contributed by atoms with Crippen molar-refractivity contribution in [3.8, 4) is 5.75 Å². The molecule has 0 aromatic heterocycles. The van der Waals surface area contributed by atoms with Gasteiger partial charge in [0.15, 0.2) is 0 Å². The van der Waals surface area contributed by atoms with Gasteiger partial charge in [0, 0.05) is 12.8 Å². The summed E-state index contributed by atoms with van der Waals surface area (Å²) in [6.07, 6.45) is 0.915. The summed E-state index contributed by atoms with van der Waals surface area (Å²) in [7, 11) is 1.55. The Labute approximate surface area is 177 Å². The van der Waals surface area contributed by atoms with Crippen LogP contribution in [0.2, 0.25) is 0 Å². The summed E-state index contributed by atoms with van der Waals surface area (Å²) in [6.45, 7) is 7.11. The molecule has 0 fully saturated rings. The van der Waals surface area contributed by atoms with Crippen LogP contribution in [0.1, 0.15) is 30.0 Å². The number of carbonyl (C=O) groups excluding carboxylic acids is 2. The van der Waals surface area contributed by atoms with Crippen LogP contribution in [0.15, 0.2) is 48.2 Å². The van der Waals surface area contributed by atoms with Crippen molar-refractivity contribution in [2.75, 3.05) is 32.2 Å². The first-order chi connectivity index (χ1) is 14.5. The van der Waals surface area contributed by atoms with Gasteiger partial charge < -0.3 is 14.8 Å². The van der Waals surface area contributed by atoms with Crippen molar-refractivity contribution in [3.63, 3.8) is 0 Å². The summed E-state index contributed by atoms with van der Waals surface area (Å²) in [5, 5.41) is 3.23. The fourth-order valence-corrected chi connectivity index (χ4v) is 3.29. The molecule has 0 spiro atoms. The van der Waals surface area contributed by atoms with Crippen molar-refractivity contribution in [3.05, 3.63) is 64.9 Å². The molecule has 1 heterocycles. The third kappa shape index (κ3) is 4.54. The highest BCUT2D eigenvalue weighted by molar-refractivity contribution is 6.36. The lowest BCUT2D eigenvalue weighted by Crippen LogP contribution is -2.35. The highest BCUT2D eigenvalue weighted by Gasteiger charge is 2.39. The second kappa shape index (κ2) is 9.59. The van der Waals surface area contributed by atoms with E-state index in [1.165, 1.54) is 4.90 Å². The second-order valence-electron chi connectivity index (χ2n) is 7.32. The van der Waals surface area contributed by atoms with Crippen molar-refractivity contribution >= 4 is 23.1 Å². The predicted molar refractivity (Wildman–Crippen MR) is 117 cm³/mol. The van der Waals surface area contributed by atoms with Gasteiger partial charge in [0.2, 0.25) is 0 Å². The Morgan fingerprint density at radius 1 is 0.967 bits per heavy atom. The van der Waals surface area contributed by atoms with E-state index in [4.69, 9.17) is 9.47 Å². The molecule has 1 N–H and O–H groups in total. The second-order valence-corrected chi connectivity index (χ2v) is 7.32. The first kappa shape index (κ1) is 21.6. The molecule has 2 aromatic rings. The molecule has 0 unspecified atom stereocenters. The molecule has 0 aliphatic carbocycles. The Bertz CT molecular complexity index is 964. The molecule has 0 bridgehead atoms. The first-order valence-corrected chi connectivity index (χ1v) is 10.1. The van der Waals surface area contributed by atoms with Gasteiger partial charge in [-0.3, -0.25) is 14.5 Å². The van der Waals surface area contributed by atoms with Crippen molar-refractivity contribution in [2.24, 2.45) is 0 Å². The maximum absolute atomic E-state index is 13.2. The molecular formula is C24H28N2O4. The van der Waals surface area contributed by atoms with Gasteiger partial charge in [-0.05, 0) is 55.2 Å². The van der Waals surface area contributed by atoms with Crippen LogP contribution >= 0.6 is 0 Å². The predicted octanol–water partition coefficient (Wildman–Crippen LogP) is 3.93. The van der Waals surface area contributed by atoms with Gasteiger partial charge in [0.05, 0.1) is 25.3 Å². The van der Waals surface area contributed by atoms with E-state index in [9.17, 15) is 9.59 Å². The lowest BCUT2D eigenvalue weighted by Gasteiger charge is -2.15. The molecule has 2 aromatic carbocycles. The third-order valence-electron chi connectivity index (χ3n) is 4.96. The first-order valence-electron chi connectivity index (χ1n) is 10.1. The fourth-order valence-electron chi connectivity index (χ4n) is 3.29. The van der Waals surface area contributed by atoms with Crippen LogP contribution < -0.4 is 10.1 Å². The average Bonchev–Trinajstić information content (AvgIpc) is 2.97. The van der Waals surface area contributed by atoms with Gasteiger partial charge in [0.25, 0.3) is 11.8 Å². The number of anilines is 1. The monoisotopic (exact) mass is 408 g/mol. The molecule has 2 amide bonds. The number of amides is 2. The number of nitrogens with zero attached hydrogens (tertiary/aromatic N) is 1. The quantitative estimate of drug-likeness (QED) is 0.637. The summed E-state index contributed by atoms with van der Waals surface area (Å²) in [5.41, 5.74) is 4.18. The lowest BCUT2D eigenvalue weighted by molar-refractivity contribution is -0.137. The zero-order valence-electron chi connectivity index (χ0n) is 18.0. The summed E-state index contributed by atoms with van der Waals surface area (Å²) in [6, 6.07) is 13.2. The van der Waals surface area contributed by atoms with Crippen LogP contribution in [-0.2, 0) is 14.3 Å². The maximum atomic E-state index is 13.2. The number of benzene rings is 2. The number of hydrogen-bond acceptors (Lipinski definition) is 5. The number of aryl methyl sites for hydroxylation is 2. The number of methoxy groups -OCH3 is 1. The Hall–Kier alpha value is -3.12. The number of hydrogen-bond donors (Lipinski definition) is 1. The van der Waals surface area contributed by atoms with Gasteiger partial charge in [-0.25, -0.2) is 0 Å². The third-order valence-corrected chi connectivity index (χ3v) is 4.96. The van der Waals surface area contributed by atoms with E-state index in [-0.39, 0.29) is 30.7 Å². The summed E-state index contributed by atoms with van der Waals surface area (Å²) in [4.78, 5) is 27.5. The zero-order valence-corrected chi connectivity index (χ0v) is 18.0. The van der Waals surface area contributed by atoms with Crippen molar-refractivity contribution in [1.82, 2.24) is 4.90 Å². The SMILES string of the molecule is CCCOc1ccc(C2=C(Nc3cc(C)ccc3C)C(=O)N(CCOC)C2=O)cc1. The molecule has 0 radical (unpaired) electrons. The number of imide groups is 1. The van der Waals surface area contributed by atoms with Crippen LogP contribution in [-0.4, -0.2) is 43.6 Å². The normalized spacial score (nSPS) is 13.9. The van der Waals surface area contributed by atoms with E-state index < -0.39 is 0 Å². The maximum Gasteiger partial charge on any atom is 0.278 e. The highest BCUT2D eigenvalue weighted by atomic mass is 16.5. The van der Waals surface area contributed by atoms with Gasteiger partial charge in [-0.1, -0.05) is 31.2 Å². The van der Waals surface area contributed by atoms with Crippen LogP contribution in [0.3, 0.4) is 0 Å². The highest BCUT2D eigenvalue weighted by Crippen LogP contribution is 2.32. The van der Waals surface area contributed by atoms with E-state index in [1.807, 2.05) is 63.2 Å². The molecule has 0 saturated heterocycles. The molecule has 1 aliphatic heterocycles. The largest absolute Gasteiger partial charge is 0.494 e. The summed E-state index contributed by atoms with van der Waals surface area (Å²) in [5.74, 6) is 0.0598. The van der Waals surface area contributed by atoms with Crippen molar-refractivity contribution in [1.29, 1.82) is 0 Å². The number of ether oxygens (including phenoxy) is 2. The minimum Gasteiger partial charge on any atom is -0.494 e. The van der Waals surface area contributed by atoms with Gasteiger partial charge in [-0.15, -0.1) is 0 Å². The van der Waals surface area contributed by atoms with E-state index in [1.54, 1.807) is 7.11 Å². The van der Waals surface area contributed by atoms with Crippen LogP contribution in [0, 0.1) is 13.8 Å². The minimum absolute atomic E-state index is 0.202. The lowest BCUT2D eigenvalue weighted by atomic mass is 10.0. The van der Waals surface area contributed by atoms with Crippen molar-refractivity contribution in [2.45, 2.75) is 27.2 Å². The molecule has 6 heteroatoms. The van der Waals surface area contributed by atoms with E-state index in [2.05, 4.69) is 5.32 Å². The summed E-state index contributed by atoms with van der Waals surface area (Å²) < 4.78 is 10.7. The van der Waals surface area contributed by atoms with Crippen molar-refractivity contribution < 1.29 is 19.1 Å². The molecular weight excluding hydrogens is 380 g/mol. The molecule has 0 saturated carbocycles. The number of rotatable bonds is 9. The zero-order chi connectivity index (χ0) is 21.7. The number of carbonyl (C=O) groups is 2. The molecule has 158 valence electrons. The molecule has 1 aliphatic rings. The molecule has 3 rings (SSSR count). The van der Waals surface area contributed by atoms with Gasteiger partial charge in [-0.2, -0.15) is 0 Å². The van der Waals surface area contributed by atoms with Gasteiger partial charge in [0.1, 0.15) is 11.4 Å². The molecule has 6 nitrogen and oxygen atoms in total. The van der Waals surface area contributed by atoms with Crippen LogP contribution in [0.4, 0.5) is 5.69 Å². The van der Waals surface area contributed by atoms with Crippen LogP contribution in [0.5, 0.6) is 5.75 Å². The topological polar surface area (TPSA) is 67.9 Å². The minimum atomic E-state index is -0.348. The van der Waals surface area contributed by atoms with Crippen LogP contribution in [0.25, 0.3) is 5.57 Å². The Balaban J connectivity index is 2.00. The standard InChI is InChI=1S/C24H28N2O4/c1-5-13-30-19-10-8-18(9-11-19)21-22(24(28)26(23(21)27)12-14-29-4)25-20-15-16(2)6-7-17(20)3/h6-11,15,25H,5,12-14H2,1-4H3. The van der Waals surface area contributed by atoms with E-state index in [0.29, 0.717) is 17.7 Å². The average molecular weight is 408 g/mol. The van der Waals surface area contributed by atoms with E-state index in [0.717, 1.165) is 29.0 Å². The Kier molecular flexibility index (Phi) is 6.90. The molecule has 30 heavy (non-hydrogen) atoms. The fraction of sp³-hybridized carbons (Fsp3) is 0.333.